The Kier molecular flexibility index (Phi) is 4.60. The van der Waals surface area contributed by atoms with Crippen LogP contribution in [0.1, 0.15) is 26.3 Å². The average Bonchev–Trinajstić information content (AvgIpc) is 2.15. The van der Waals surface area contributed by atoms with Gasteiger partial charge in [-0.3, -0.25) is 0 Å². The Balaban J connectivity index is 2.74. The van der Waals surface area contributed by atoms with E-state index in [1.54, 1.807) is 0 Å². The van der Waals surface area contributed by atoms with Crippen molar-refractivity contribution in [3.8, 4) is 0 Å². The van der Waals surface area contributed by atoms with Crippen LogP contribution >= 0.6 is 0 Å². The van der Waals surface area contributed by atoms with Crippen LogP contribution in [0, 0.1) is 11.6 Å². The lowest BCUT2D eigenvalue weighted by Gasteiger charge is -2.26. The van der Waals surface area contributed by atoms with Crippen molar-refractivity contribution in [1.29, 1.82) is 0 Å². The van der Waals surface area contributed by atoms with Gasteiger partial charge in [0.25, 0.3) is 0 Å². The first-order valence-electron chi connectivity index (χ1n) is 5.75. The minimum atomic E-state index is -0.550. The zero-order valence-electron chi connectivity index (χ0n) is 10.6. The maximum absolute atomic E-state index is 13.6. The summed E-state index contributed by atoms with van der Waals surface area (Å²) < 4.78 is 26.5. The van der Waals surface area contributed by atoms with E-state index in [0.29, 0.717) is 18.7 Å². The highest BCUT2D eigenvalue weighted by molar-refractivity contribution is 5.26. The Hall–Kier alpha value is -1.00. The molecular weight excluding hydrogens is 222 g/mol. The van der Waals surface area contributed by atoms with E-state index in [4.69, 9.17) is 5.73 Å². The summed E-state index contributed by atoms with van der Waals surface area (Å²) in [5.74, 6) is -1.05. The lowest BCUT2D eigenvalue weighted by Crippen LogP contribution is -2.39. The van der Waals surface area contributed by atoms with Gasteiger partial charge in [-0.25, -0.2) is 8.78 Å². The first kappa shape index (κ1) is 14.1. The van der Waals surface area contributed by atoms with Crippen LogP contribution in [-0.4, -0.2) is 19.1 Å². The third kappa shape index (κ3) is 4.06. The molecule has 0 heterocycles. The predicted octanol–water partition coefficient (Wildman–Crippen LogP) is 2.18. The van der Waals surface area contributed by atoms with Gasteiger partial charge >= 0.3 is 0 Å². The number of benzene rings is 1. The van der Waals surface area contributed by atoms with E-state index in [-0.39, 0.29) is 6.04 Å². The molecule has 1 aromatic carbocycles. The van der Waals surface area contributed by atoms with Crippen LogP contribution in [0.15, 0.2) is 18.2 Å². The molecule has 1 rings (SSSR count). The average molecular weight is 242 g/mol. The lowest BCUT2D eigenvalue weighted by atomic mass is 9.84. The summed E-state index contributed by atoms with van der Waals surface area (Å²) >= 11 is 0. The second kappa shape index (κ2) is 5.56. The van der Waals surface area contributed by atoms with E-state index in [0.717, 1.165) is 6.07 Å². The molecule has 3 N–H and O–H groups in total. The van der Waals surface area contributed by atoms with Gasteiger partial charge in [-0.1, -0.05) is 19.9 Å². The third-order valence-electron chi connectivity index (χ3n) is 2.69. The summed E-state index contributed by atoms with van der Waals surface area (Å²) in [5, 5.41) is 3.18. The van der Waals surface area contributed by atoms with E-state index in [9.17, 15) is 8.78 Å². The molecule has 0 saturated carbocycles. The fraction of sp³-hybridized carbons (Fsp3) is 0.538. The van der Waals surface area contributed by atoms with Gasteiger partial charge in [-0.2, -0.15) is 0 Å². The smallest absolute Gasteiger partial charge is 0.129 e. The lowest BCUT2D eigenvalue weighted by molar-refractivity contribution is 0.434. The fourth-order valence-corrected chi connectivity index (χ4v) is 1.75. The molecule has 96 valence electrons. The Labute approximate surface area is 101 Å². The predicted molar refractivity (Wildman–Crippen MR) is 65.9 cm³/mol. The molecule has 0 bridgehead atoms. The molecule has 0 aliphatic rings. The first-order chi connectivity index (χ1) is 7.83. The molecular formula is C13H20F2N2. The monoisotopic (exact) mass is 242 g/mol. The number of rotatable bonds is 5. The topological polar surface area (TPSA) is 38.0 Å². The molecule has 2 nitrogen and oxygen atoms in total. The van der Waals surface area contributed by atoms with Gasteiger partial charge in [0.15, 0.2) is 0 Å². The maximum atomic E-state index is 13.6. The normalized spacial score (nSPS) is 13.8. The minimum absolute atomic E-state index is 0.0591. The molecule has 0 saturated heterocycles. The molecule has 0 spiro atoms. The standard InChI is InChI=1S/C13H20F2N2/c1-9(16)7-17-8-13(2,3)11-5-4-10(14)6-12(11)15/h4-6,9,17H,7-8,16H2,1-3H3. The number of nitrogens with one attached hydrogen (secondary N) is 1. The molecule has 0 radical (unpaired) electrons. The van der Waals surface area contributed by atoms with Crippen LogP contribution in [0.4, 0.5) is 8.78 Å². The van der Waals surface area contributed by atoms with Crippen LogP contribution in [0.5, 0.6) is 0 Å². The second-order valence-electron chi connectivity index (χ2n) is 5.12. The first-order valence-corrected chi connectivity index (χ1v) is 5.75. The fourth-order valence-electron chi connectivity index (χ4n) is 1.75. The van der Waals surface area contributed by atoms with E-state index < -0.39 is 17.0 Å². The highest BCUT2D eigenvalue weighted by Crippen LogP contribution is 2.25. The highest BCUT2D eigenvalue weighted by atomic mass is 19.1. The SMILES string of the molecule is CC(N)CNCC(C)(C)c1ccc(F)cc1F. The molecule has 0 fully saturated rings. The zero-order chi connectivity index (χ0) is 13.1. The molecule has 0 amide bonds. The maximum Gasteiger partial charge on any atom is 0.129 e. The summed E-state index contributed by atoms with van der Waals surface area (Å²) in [6, 6.07) is 3.76. The van der Waals surface area contributed by atoms with E-state index >= 15 is 0 Å². The van der Waals surface area contributed by atoms with Gasteiger partial charge in [0.1, 0.15) is 11.6 Å². The molecule has 0 aliphatic carbocycles. The summed E-state index contributed by atoms with van der Waals surface area (Å²) in [7, 11) is 0. The van der Waals surface area contributed by atoms with Crippen molar-refractivity contribution in [2.45, 2.75) is 32.2 Å². The molecule has 0 aromatic heterocycles. The van der Waals surface area contributed by atoms with Crippen LogP contribution in [0.25, 0.3) is 0 Å². The van der Waals surface area contributed by atoms with E-state index in [1.807, 2.05) is 20.8 Å². The Bertz CT molecular complexity index is 376. The Morgan fingerprint density at radius 3 is 2.53 bits per heavy atom. The summed E-state index contributed by atoms with van der Waals surface area (Å²) in [6.07, 6.45) is 0. The van der Waals surface area contributed by atoms with Crippen molar-refractivity contribution >= 4 is 0 Å². The van der Waals surface area contributed by atoms with Crippen LogP contribution in [0.2, 0.25) is 0 Å². The van der Waals surface area contributed by atoms with Crippen molar-refractivity contribution < 1.29 is 8.78 Å². The molecule has 4 heteroatoms. The molecule has 1 unspecified atom stereocenters. The largest absolute Gasteiger partial charge is 0.327 e. The van der Waals surface area contributed by atoms with Gasteiger partial charge in [0.05, 0.1) is 0 Å². The van der Waals surface area contributed by atoms with Crippen LogP contribution < -0.4 is 11.1 Å². The number of hydrogen-bond acceptors (Lipinski definition) is 2. The summed E-state index contributed by atoms with van der Waals surface area (Å²) in [4.78, 5) is 0. The molecule has 1 aromatic rings. The number of halogens is 2. The second-order valence-corrected chi connectivity index (χ2v) is 5.12. The Morgan fingerprint density at radius 1 is 1.35 bits per heavy atom. The van der Waals surface area contributed by atoms with E-state index in [2.05, 4.69) is 5.32 Å². The third-order valence-corrected chi connectivity index (χ3v) is 2.69. The van der Waals surface area contributed by atoms with Crippen LogP contribution in [-0.2, 0) is 5.41 Å². The van der Waals surface area contributed by atoms with Gasteiger partial charge < -0.3 is 11.1 Å². The minimum Gasteiger partial charge on any atom is -0.327 e. The van der Waals surface area contributed by atoms with Gasteiger partial charge in [0.2, 0.25) is 0 Å². The van der Waals surface area contributed by atoms with Crippen molar-refractivity contribution in [3.05, 3.63) is 35.4 Å². The summed E-state index contributed by atoms with van der Waals surface area (Å²) in [5.41, 5.74) is 5.74. The van der Waals surface area contributed by atoms with E-state index in [1.165, 1.54) is 12.1 Å². The van der Waals surface area contributed by atoms with Gasteiger partial charge in [-0.05, 0) is 18.6 Å². The van der Waals surface area contributed by atoms with Crippen molar-refractivity contribution in [3.63, 3.8) is 0 Å². The van der Waals surface area contributed by atoms with Crippen LogP contribution in [0.3, 0.4) is 0 Å². The zero-order valence-corrected chi connectivity index (χ0v) is 10.6. The number of hydrogen-bond donors (Lipinski definition) is 2. The van der Waals surface area contributed by atoms with Crippen molar-refractivity contribution in [2.75, 3.05) is 13.1 Å². The molecule has 1 atom stereocenters. The summed E-state index contributed by atoms with van der Waals surface area (Å²) in [6.45, 7) is 7.00. The number of nitrogens with two attached hydrogens (primary N) is 1. The quantitative estimate of drug-likeness (QED) is 0.830. The van der Waals surface area contributed by atoms with Gasteiger partial charge in [-0.15, -0.1) is 0 Å². The molecule has 0 aliphatic heterocycles. The Morgan fingerprint density at radius 2 is 2.00 bits per heavy atom. The van der Waals surface area contributed by atoms with Gasteiger partial charge in [0, 0.05) is 30.6 Å². The van der Waals surface area contributed by atoms with Crippen molar-refractivity contribution in [2.24, 2.45) is 5.73 Å². The highest BCUT2D eigenvalue weighted by Gasteiger charge is 2.24. The molecule has 17 heavy (non-hydrogen) atoms. The van der Waals surface area contributed by atoms with Crippen molar-refractivity contribution in [1.82, 2.24) is 5.32 Å².